The lowest BCUT2D eigenvalue weighted by molar-refractivity contribution is 0.555. The van der Waals surface area contributed by atoms with Crippen molar-refractivity contribution in [3.05, 3.63) is 41.1 Å². The average molecular weight is 240 g/mol. The largest absolute Gasteiger partial charge is 0.453 e. The van der Waals surface area contributed by atoms with Crippen molar-refractivity contribution in [2.75, 3.05) is 6.54 Å². The zero-order valence-corrected chi connectivity index (χ0v) is 10.0. The Balaban J connectivity index is 2.34. The van der Waals surface area contributed by atoms with Gasteiger partial charge in [-0.05, 0) is 24.2 Å². The lowest BCUT2D eigenvalue weighted by atomic mass is 10.1. The van der Waals surface area contributed by atoms with Crippen LogP contribution in [0.1, 0.15) is 24.1 Å². The summed E-state index contributed by atoms with van der Waals surface area (Å²) < 4.78 is 6.89. The molecule has 0 aliphatic rings. The Kier molecular flexibility index (Phi) is 3.31. The van der Waals surface area contributed by atoms with Gasteiger partial charge in [0.05, 0.1) is 18.5 Å². The van der Waals surface area contributed by atoms with Crippen molar-refractivity contribution >= 4 is 11.6 Å². The number of rotatable bonds is 4. The Morgan fingerprint density at radius 1 is 1.62 bits per heavy atom. The van der Waals surface area contributed by atoms with E-state index < -0.39 is 0 Å². The monoisotopic (exact) mass is 239 g/mol. The van der Waals surface area contributed by atoms with Crippen molar-refractivity contribution in [1.82, 2.24) is 15.1 Å². The fraction of sp³-hybridized carbons (Fsp3) is 0.364. The number of halogens is 1. The molecule has 0 bridgehead atoms. The molecule has 86 valence electrons. The number of hydrogen-bond donors (Lipinski definition) is 1. The minimum absolute atomic E-state index is 0.0324. The van der Waals surface area contributed by atoms with Gasteiger partial charge >= 0.3 is 0 Å². The Morgan fingerprint density at radius 3 is 2.94 bits per heavy atom. The molecular weight excluding hydrogens is 226 g/mol. The molecule has 0 saturated carbocycles. The molecule has 0 saturated heterocycles. The summed E-state index contributed by atoms with van der Waals surface area (Å²) in [7, 11) is 1.89. The predicted molar refractivity (Wildman–Crippen MR) is 62.4 cm³/mol. The van der Waals surface area contributed by atoms with E-state index in [4.69, 9.17) is 16.0 Å². The van der Waals surface area contributed by atoms with Crippen LogP contribution in [0, 0.1) is 0 Å². The van der Waals surface area contributed by atoms with Gasteiger partial charge in [0.2, 0.25) is 0 Å². The SMILES string of the molecule is CCNC(c1cnn(C)c1)c1ccoc1Cl. The van der Waals surface area contributed by atoms with Crippen molar-refractivity contribution in [3.63, 3.8) is 0 Å². The molecule has 4 nitrogen and oxygen atoms in total. The van der Waals surface area contributed by atoms with Gasteiger partial charge in [-0.1, -0.05) is 6.92 Å². The molecule has 0 aliphatic heterocycles. The summed E-state index contributed by atoms with van der Waals surface area (Å²) in [5.41, 5.74) is 2.02. The molecule has 0 amide bonds. The molecule has 0 aromatic carbocycles. The number of nitrogens with zero attached hydrogens (tertiary/aromatic N) is 2. The van der Waals surface area contributed by atoms with Crippen LogP contribution < -0.4 is 5.32 Å². The summed E-state index contributed by atoms with van der Waals surface area (Å²) in [4.78, 5) is 0. The van der Waals surface area contributed by atoms with Crippen LogP contribution >= 0.6 is 11.6 Å². The maximum absolute atomic E-state index is 5.99. The quantitative estimate of drug-likeness (QED) is 0.891. The van der Waals surface area contributed by atoms with Crippen LogP contribution in [0.2, 0.25) is 5.22 Å². The number of hydrogen-bond acceptors (Lipinski definition) is 3. The first kappa shape index (κ1) is 11.2. The van der Waals surface area contributed by atoms with E-state index in [0.29, 0.717) is 5.22 Å². The van der Waals surface area contributed by atoms with Crippen LogP contribution in [0.5, 0.6) is 0 Å². The average Bonchev–Trinajstić information content (AvgIpc) is 2.84. The van der Waals surface area contributed by atoms with Gasteiger partial charge in [0.25, 0.3) is 0 Å². The van der Waals surface area contributed by atoms with E-state index in [9.17, 15) is 0 Å². The van der Waals surface area contributed by atoms with E-state index in [2.05, 4.69) is 17.3 Å². The van der Waals surface area contributed by atoms with Crippen LogP contribution in [0.25, 0.3) is 0 Å². The van der Waals surface area contributed by atoms with Gasteiger partial charge in [0.15, 0.2) is 5.22 Å². The van der Waals surface area contributed by atoms with Gasteiger partial charge in [-0.3, -0.25) is 4.68 Å². The zero-order chi connectivity index (χ0) is 11.5. The molecule has 0 radical (unpaired) electrons. The Labute approximate surface area is 99.2 Å². The summed E-state index contributed by atoms with van der Waals surface area (Å²) in [6.45, 7) is 2.90. The molecule has 0 fully saturated rings. The molecule has 1 atom stereocenters. The maximum Gasteiger partial charge on any atom is 0.198 e. The normalized spacial score (nSPS) is 12.9. The minimum Gasteiger partial charge on any atom is -0.453 e. The van der Waals surface area contributed by atoms with Crippen LogP contribution in [-0.4, -0.2) is 16.3 Å². The molecule has 2 heterocycles. The van der Waals surface area contributed by atoms with Gasteiger partial charge in [0, 0.05) is 24.4 Å². The van der Waals surface area contributed by atoms with Gasteiger partial charge < -0.3 is 9.73 Å². The smallest absolute Gasteiger partial charge is 0.198 e. The van der Waals surface area contributed by atoms with Crippen molar-refractivity contribution in [1.29, 1.82) is 0 Å². The third-order valence-electron chi connectivity index (χ3n) is 2.42. The first-order valence-electron chi connectivity index (χ1n) is 5.17. The molecular formula is C11H14ClN3O. The summed E-state index contributed by atoms with van der Waals surface area (Å²) in [6.07, 6.45) is 5.39. The Morgan fingerprint density at radius 2 is 2.44 bits per heavy atom. The lowest BCUT2D eigenvalue weighted by Crippen LogP contribution is -2.21. The maximum atomic E-state index is 5.99. The van der Waals surface area contributed by atoms with Crippen LogP contribution in [0.3, 0.4) is 0 Å². The highest BCUT2D eigenvalue weighted by Gasteiger charge is 2.19. The van der Waals surface area contributed by atoms with Crippen molar-refractivity contribution < 1.29 is 4.42 Å². The zero-order valence-electron chi connectivity index (χ0n) is 9.27. The summed E-state index contributed by atoms with van der Waals surface area (Å²) in [5, 5.41) is 7.95. The fourth-order valence-electron chi connectivity index (χ4n) is 1.71. The van der Waals surface area contributed by atoms with E-state index in [0.717, 1.165) is 17.7 Å². The second kappa shape index (κ2) is 4.72. The van der Waals surface area contributed by atoms with E-state index in [1.807, 2.05) is 25.5 Å². The van der Waals surface area contributed by atoms with Gasteiger partial charge in [-0.25, -0.2) is 0 Å². The molecule has 1 N–H and O–H groups in total. The van der Waals surface area contributed by atoms with Crippen molar-refractivity contribution in [2.24, 2.45) is 7.05 Å². The first-order valence-corrected chi connectivity index (χ1v) is 5.55. The minimum atomic E-state index is 0.0324. The van der Waals surface area contributed by atoms with E-state index in [1.165, 1.54) is 0 Å². The van der Waals surface area contributed by atoms with Gasteiger partial charge in [0.1, 0.15) is 0 Å². The van der Waals surface area contributed by atoms with Gasteiger partial charge in [-0.15, -0.1) is 0 Å². The topological polar surface area (TPSA) is 43.0 Å². The highest BCUT2D eigenvalue weighted by Crippen LogP contribution is 2.28. The molecule has 1 unspecified atom stereocenters. The first-order chi connectivity index (χ1) is 7.72. The summed E-state index contributed by atoms with van der Waals surface area (Å²) in [6, 6.07) is 1.91. The summed E-state index contributed by atoms with van der Waals surface area (Å²) >= 11 is 5.99. The third-order valence-corrected chi connectivity index (χ3v) is 2.73. The van der Waals surface area contributed by atoms with Crippen molar-refractivity contribution in [2.45, 2.75) is 13.0 Å². The van der Waals surface area contributed by atoms with Crippen molar-refractivity contribution in [3.8, 4) is 0 Å². The molecule has 2 aromatic rings. The molecule has 5 heteroatoms. The highest BCUT2D eigenvalue weighted by molar-refractivity contribution is 6.29. The second-order valence-corrected chi connectivity index (χ2v) is 3.93. The number of aromatic nitrogens is 2. The third kappa shape index (κ3) is 2.13. The lowest BCUT2D eigenvalue weighted by Gasteiger charge is -2.14. The molecule has 2 aromatic heterocycles. The van der Waals surface area contributed by atoms with Crippen LogP contribution in [0.15, 0.2) is 29.1 Å². The second-order valence-electron chi connectivity index (χ2n) is 3.59. The molecule has 0 spiro atoms. The Bertz CT molecular complexity index is 463. The summed E-state index contributed by atoms with van der Waals surface area (Å²) in [5.74, 6) is 0. The molecule has 16 heavy (non-hydrogen) atoms. The highest BCUT2D eigenvalue weighted by atomic mass is 35.5. The number of aryl methyl sites for hydroxylation is 1. The number of nitrogens with one attached hydrogen (secondary N) is 1. The Hall–Kier alpha value is -1.26. The number of furan rings is 1. The van der Waals surface area contributed by atoms with E-state index in [1.54, 1.807) is 10.9 Å². The fourth-order valence-corrected chi connectivity index (χ4v) is 1.93. The van der Waals surface area contributed by atoms with Gasteiger partial charge in [-0.2, -0.15) is 5.10 Å². The van der Waals surface area contributed by atoms with Crippen LogP contribution in [0.4, 0.5) is 0 Å². The standard InChI is InChI=1S/C11H14ClN3O/c1-3-13-10(8-6-14-15(2)7-8)9-4-5-16-11(9)12/h4-7,10,13H,3H2,1-2H3. The van der Waals surface area contributed by atoms with E-state index >= 15 is 0 Å². The van der Waals surface area contributed by atoms with E-state index in [-0.39, 0.29) is 6.04 Å². The molecule has 2 rings (SSSR count). The molecule has 0 aliphatic carbocycles. The predicted octanol–water partition coefficient (Wildman–Crippen LogP) is 2.37. The van der Waals surface area contributed by atoms with Crippen LogP contribution in [-0.2, 0) is 7.05 Å².